The van der Waals surface area contributed by atoms with Gasteiger partial charge in [0.25, 0.3) is 0 Å². The van der Waals surface area contributed by atoms with Crippen molar-refractivity contribution in [3.05, 3.63) is 59.1 Å². The van der Waals surface area contributed by atoms with Crippen molar-refractivity contribution < 1.29 is 4.79 Å². The maximum absolute atomic E-state index is 12.6. The molecule has 2 aromatic carbocycles. The maximum Gasteiger partial charge on any atom is 0.203 e. The van der Waals surface area contributed by atoms with Gasteiger partial charge in [-0.05, 0) is 49.2 Å². The lowest BCUT2D eigenvalue weighted by Crippen LogP contribution is -2.37. The SMILES string of the molecule is O=C(c1ccc(Cl)cc1)C1CCN(c2nc3ccccc3[nH]2)CC1. The Morgan fingerprint density at radius 1 is 1.08 bits per heavy atom. The summed E-state index contributed by atoms with van der Waals surface area (Å²) in [4.78, 5) is 22.8. The summed E-state index contributed by atoms with van der Waals surface area (Å²) in [6.45, 7) is 1.67. The van der Waals surface area contributed by atoms with Crippen LogP contribution >= 0.6 is 11.6 Å². The number of H-pyrrole nitrogens is 1. The molecule has 0 amide bonds. The minimum atomic E-state index is 0.0757. The lowest BCUT2D eigenvalue weighted by atomic mass is 9.89. The molecule has 1 saturated heterocycles. The molecule has 0 radical (unpaired) electrons. The molecule has 5 heteroatoms. The Balaban J connectivity index is 1.44. The molecular weight excluding hydrogens is 322 g/mol. The zero-order chi connectivity index (χ0) is 16.5. The number of aromatic amines is 1. The van der Waals surface area contributed by atoms with E-state index in [2.05, 4.69) is 14.9 Å². The fraction of sp³-hybridized carbons (Fsp3) is 0.263. The molecule has 24 heavy (non-hydrogen) atoms. The molecule has 0 aliphatic carbocycles. The predicted molar refractivity (Wildman–Crippen MR) is 96.8 cm³/mol. The molecule has 1 fully saturated rings. The second kappa shape index (κ2) is 6.29. The van der Waals surface area contributed by atoms with E-state index >= 15 is 0 Å². The first-order chi connectivity index (χ1) is 11.7. The van der Waals surface area contributed by atoms with Gasteiger partial charge in [0.05, 0.1) is 11.0 Å². The van der Waals surface area contributed by atoms with E-state index in [4.69, 9.17) is 11.6 Å². The van der Waals surface area contributed by atoms with Crippen LogP contribution in [0.4, 0.5) is 5.95 Å². The standard InChI is InChI=1S/C19H18ClN3O/c20-15-7-5-13(6-8-15)18(24)14-9-11-23(12-10-14)19-21-16-3-1-2-4-17(16)22-19/h1-8,14H,9-12H2,(H,21,22). The zero-order valence-corrected chi connectivity index (χ0v) is 14.0. The Bertz CT molecular complexity index is 831. The zero-order valence-electron chi connectivity index (χ0n) is 13.2. The summed E-state index contributed by atoms with van der Waals surface area (Å²) in [5.74, 6) is 1.19. The van der Waals surface area contributed by atoms with E-state index < -0.39 is 0 Å². The number of hydrogen-bond donors (Lipinski definition) is 1. The van der Waals surface area contributed by atoms with E-state index in [1.807, 2.05) is 36.4 Å². The van der Waals surface area contributed by atoms with Crippen molar-refractivity contribution in [2.24, 2.45) is 5.92 Å². The minimum absolute atomic E-state index is 0.0757. The van der Waals surface area contributed by atoms with Crippen LogP contribution in [-0.4, -0.2) is 28.8 Å². The van der Waals surface area contributed by atoms with Crippen LogP contribution in [0.5, 0.6) is 0 Å². The molecule has 1 aliphatic heterocycles. The molecule has 0 saturated carbocycles. The van der Waals surface area contributed by atoms with E-state index in [1.54, 1.807) is 12.1 Å². The van der Waals surface area contributed by atoms with Gasteiger partial charge in [0.2, 0.25) is 5.95 Å². The molecule has 0 spiro atoms. The monoisotopic (exact) mass is 339 g/mol. The lowest BCUT2D eigenvalue weighted by Gasteiger charge is -2.31. The molecule has 0 bridgehead atoms. The molecular formula is C19H18ClN3O. The summed E-state index contributed by atoms with van der Waals surface area (Å²) in [5, 5.41) is 0.659. The summed E-state index contributed by atoms with van der Waals surface area (Å²) in [6, 6.07) is 15.2. The fourth-order valence-electron chi connectivity index (χ4n) is 3.29. The minimum Gasteiger partial charge on any atom is -0.342 e. The number of anilines is 1. The van der Waals surface area contributed by atoms with E-state index in [0.717, 1.165) is 48.5 Å². The Hall–Kier alpha value is -2.33. The van der Waals surface area contributed by atoms with Gasteiger partial charge >= 0.3 is 0 Å². The number of imidazole rings is 1. The Morgan fingerprint density at radius 2 is 1.79 bits per heavy atom. The number of nitrogens with one attached hydrogen (secondary N) is 1. The number of rotatable bonds is 3. The van der Waals surface area contributed by atoms with Crippen LogP contribution in [0.2, 0.25) is 5.02 Å². The van der Waals surface area contributed by atoms with Crippen LogP contribution in [0.25, 0.3) is 11.0 Å². The number of piperidine rings is 1. The average molecular weight is 340 g/mol. The molecule has 122 valence electrons. The number of halogens is 1. The van der Waals surface area contributed by atoms with Crippen molar-refractivity contribution in [3.8, 4) is 0 Å². The third-order valence-corrected chi connectivity index (χ3v) is 4.92. The molecule has 0 atom stereocenters. The number of nitrogens with zero attached hydrogens (tertiary/aromatic N) is 2. The van der Waals surface area contributed by atoms with Crippen molar-refractivity contribution in [1.82, 2.24) is 9.97 Å². The summed E-state index contributed by atoms with van der Waals surface area (Å²) in [7, 11) is 0. The number of hydrogen-bond acceptors (Lipinski definition) is 3. The van der Waals surface area contributed by atoms with Crippen LogP contribution in [0.1, 0.15) is 23.2 Å². The maximum atomic E-state index is 12.6. The number of benzene rings is 2. The van der Waals surface area contributed by atoms with Gasteiger partial charge in [-0.15, -0.1) is 0 Å². The van der Waals surface area contributed by atoms with Crippen molar-refractivity contribution in [2.45, 2.75) is 12.8 Å². The summed E-state index contributed by atoms with van der Waals surface area (Å²) < 4.78 is 0. The van der Waals surface area contributed by atoms with Gasteiger partial charge in [-0.25, -0.2) is 4.98 Å². The average Bonchev–Trinajstić information content (AvgIpc) is 3.06. The molecule has 1 N–H and O–H groups in total. The van der Waals surface area contributed by atoms with Gasteiger partial charge in [-0.1, -0.05) is 23.7 Å². The predicted octanol–water partition coefficient (Wildman–Crippen LogP) is 4.32. The summed E-state index contributed by atoms with van der Waals surface area (Å²) >= 11 is 5.89. The number of Topliss-reactive ketones (excluding diaryl/α,β-unsaturated/α-hetero) is 1. The Labute approximate surface area is 145 Å². The normalized spacial score (nSPS) is 15.8. The van der Waals surface area contributed by atoms with Gasteiger partial charge < -0.3 is 9.88 Å². The highest BCUT2D eigenvalue weighted by atomic mass is 35.5. The van der Waals surface area contributed by atoms with Crippen LogP contribution in [0.15, 0.2) is 48.5 Å². The Kier molecular flexibility index (Phi) is 3.98. The van der Waals surface area contributed by atoms with E-state index in [-0.39, 0.29) is 11.7 Å². The molecule has 1 aromatic heterocycles. The summed E-state index contributed by atoms with van der Waals surface area (Å²) in [6.07, 6.45) is 1.69. The van der Waals surface area contributed by atoms with Crippen molar-refractivity contribution in [1.29, 1.82) is 0 Å². The van der Waals surface area contributed by atoms with Crippen LogP contribution < -0.4 is 4.90 Å². The first kappa shape index (κ1) is 15.2. The highest BCUT2D eigenvalue weighted by Gasteiger charge is 2.27. The van der Waals surface area contributed by atoms with Crippen LogP contribution in [0.3, 0.4) is 0 Å². The van der Waals surface area contributed by atoms with Gasteiger partial charge in [-0.2, -0.15) is 0 Å². The molecule has 4 rings (SSSR count). The highest BCUT2D eigenvalue weighted by molar-refractivity contribution is 6.30. The number of aromatic nitrogens is 2. The quantitative estimate of drug-likeness (QED) is 0.723. The number of carbonyl (C=O) groups excluding carboxylic acids is 1. The van der Waals surface area contributed by atoms with Crippen LogP contribution in [0, 0.1) is 5.92 Å². The Morgan fingerprint density at radius 3 is 2.50 bits per heavy atom. The topological polar surface area (TPSA) is 49.0 Å². The molecule has 3 aromatic rings. The number of fused-ring (bicyclic) bond motifs is 1. The van der Waals surface area contributed by atoms with E-state index in [0.29, 0.717) is 5.02 Å². The van der Waals surface area contributed by atoms with E-state index in [1.165, 1.54) is 0 Å². The third kappa shape index (κ3) is 2.89. The molecule has 1 aliphatic rings. The second-order valence-electron chi connectivity index (χ2n) is 6.21. The molecule has 2 heterocycles. The lowest BCUT2D eigenvalue weighted by molar-refractivity contribution is 0.0900. The smallest absolute Gasteiger partial charge is 0.203 e. The van der Waals surface area contributed by atoms with Crippen molar-refractivity contribution >= 4 is 34.4 Å². The van der Waals surface area contributed by atoms with Crippen molar-refractivity contribution in [3.63, 3.8) is 0 Å². The number of ketones is 1. The van der Waals surface area contributed by atoms with Gasteiger partial charge in [0.15, 0.2) is 5.78 Å². The molecule has 4 nitrogen and oxygen atoms in total. The van der Waals surface area contributed by atoms with Gasteiger partial charge in [0, 0.05) is 29.6 Å². The van der Waals surface area contributed by atoms with Crippen LogP contribution in [-0.2, 0) is 0 Å². The third-order valence-electron chi connectivity index (χ3n) is 4.67. The second-order valence-corrected chi connectivity index (χ2v) is 6.65. The number of para-hydroxylation sites is 2. The first-order valence-corrected chi connectivity index (χ1v) is 8.58. The fourth-order valence-corrected chi connectivity index (χ4v) is 3.42. The first-order valence-electron chi connectivity index (χ1n) is 8.20. The number of carbonyl (C=O) groups is 1. The highest BCUT2D eigenvalue weighted by Crippen LogP contribution is 2.26. The van der Waals surface area contributed by atoms with Crippen molar-refractivity contribution in [2.75, 3.05) is 18.0 Å². The largest absolute Gasteiger partial charge is 0.342 e. The molecule has 0 unspecified atom stereocenters. The van der Waals surface area contributed by atoms with Gasteiger partial charge in [-0.3, -0.25) is 4.79 Å². The van der Waals surface area contributed by atoms with E-state index in [9.17, 15) is 4.79 Å². The van der Waals surface area contributed by atoms with Gasteiger partial charge in [0.1, 0.15) is 0 Å². The summed E-state index contributed by atoms with van der Waals surface area (Å²) in [5.41, 5.74) is 2.78.